The maximum absolute atomic E-state index is 12.3. The smallest absolute Gasteiger partial charge is 0.308 e. The van der Waals surface area contributed by atoms with E-state index >= 15 is 0 Å². The highest BCUT2D eigenvalue weighted by atomic mass is 35.5. The number of aromatic nitrogens is 1. The van der Waals surface area contributed by atoms with Gasteiger partial charge in [-0.1, -0.05) is 34.4 Å². The van der Waals surface area contributed by atoms with Crippen molar-refractivity contribution < 1.29 is 24.0 Å². The van der Waals surface area contributed by atoms with Crippen LogP contribution >= 0.6 is 35.6 Å². The van der Waals surface area contributed by atoms with Crippen LogP contribution in [0.5, 0.6) is 5.75 Å². The molecular weight excluding hydrogens is 407 g/mol. The number of halogens is 3. The average molecular weight is 422 g/mol. The minimum Gasteiger partial charge on any atom is -0.482 e. The number of nitrogens with zero attached hydrogens (tertiary/aromatic N) is 2. The molecule has 26 heavy (non-hydrogen) atoms. The van der Waals surface area contributed by atoms with Crippen LogP contribution in [0.25, 0.3) is 0 Å². The summed E-state index contributed by atoms with van der Waals surface area (Å²) in [7, 11) is 0. The Kier molecular flexibility index (Phi) is 6.75. The summed E-state index contributed by atoms with van der Waals surface area (Å²) >= 11 is 12.0. The van der Waals surface area contributed by atoms with Crippen molar-refractivity contribution in [1.29, 1.82) is 0 Å². The van der Waals surface area contributed by atoms with E-state index in [1.807, 2.05) is 0 Å². The zero-order chi connectivity index (χ0) is 18.0. The summed E-state index contributed by atoms with van der Waals surface area (Å²) in [6, 6.07) is 6.44. The minimum absolute atomic E-state index is 0. The molecule has 0 saturated carbocycles. The van der Waals surface area contributed by atoms with Crippen molar-refractivity contribution in [1.82, 2.24) is 10.1 Å². The third-order valence-corrected chi connectivity index (χ3v) is 4.48. The molecular formula is C16H15Cl3N2O5. The Morgan fingerprint density at radius 3 is 2.65 bits per heavy atom. The lowest BCUT2D eigenvalue weighted by atomic mass is 10.1. The van der Waals surface area contributed by atoms with Crippen LogP contribution in [-0.4, -0.2) is 40.1 Å². The Morgan fingerprint density at radius 2 is 2.04 bits per heavy atom. The molecule has 10 heteroatoms. The molecule has 1 amide bonds. The number of ether oxygens (including phenoxy) is 1. The second kappa shape index (κ2) is 8.62. The van der Waals surface area contributed by atoms with Crippen LogP contribution in [-0.2, 0) is 11.4 Å². The standard InChI is InChI=1S/C16H14Cl2N2O5.ClH/c17-11-2-1-3-12(18)14(11)24-8-10-6-13(19-25-10)15(21)20-5-4-9(7-20)16(22)23;/h1-3,6,9H,4-5,7-8H2,(H,22,23);1H. The molecule has 0 bridgehead atoms. The number of carboxylic acids is 1. The van der Waals surface area contributed by atoms with Crippen LogP contribution in [0.3, 0.4) is 0 Å². The number of likely N-dealkylation sites (tertiary alicyclic amines) is 1. The number of amides is 1. The van der Waals surface area contributed by atoms with Crippen LogP contribution in [0.1, 0.15) is 22.7 Å². The lowest BCUT2D eigenvalue weighted by Crippen LogP contribution is -2.30. The highest BCUT2D eigenvalue weighted by Crippen LogP contribution is 2.33. The largest absolute Gasteiger partial charge is 0.482 e. The quantitative estimate of drug-likeness (QED) is 0.794. The van der Waals surface area contributed by atoms with Gasteiger partial charge in [0, 0.05) is 19.2 Å². The number of carboxylic acid groups (broad SMARTS) is 1. The predicted molar refractivity (Wildman–Crippen MR) is 96.2 cm³/mol. The molecule has 0 spiro atoms. The lowest BCUT2D eigenvalue weighted by Gasteiger charge is -2.13. The Bertz CT molecular complexity index is 791. The first kappa shape index (κ1) is 20.4. The van der Waals surface area contributed by atoms with E-state index in [4.69, 9.17) is 37.6 Å². The number of benzene rings is 1. The first-order valence-electron chi connectivity index (χ1n) is 7.50. The van der Waals surface area contributed by atoms with Gasteiger partial charge in [0.1, 0.15) is 6.61 Å². The number of aliphatic carboxylic acids is 1. The van der Waals surface area contributed by atoms with Crippen molar-refractivity contribution in [2.45, 2.75) is 13.0 Å². The van der Waals surface area contributed by atoms with E-state index < -0.39 is 11.9 Å². The minimum atomic E-state index is -0.902. The topological polar surface area (TPSA) is 92.9 Å². The number of hydrogen-bond donors (Lipinski definition) is 1. The van der Waals surface area contributed by atoms with Crippen LogP contribution in [0.4, 0.5) is 0 Å². The lowest BCUT2D eigenvalue weighted by molar-refractivity contribution is -0.141. The maximum atomic E-state index is 12.3. The molecule has 7 nitrogen and oxygen atoms in total. The number of hydrogen-bond acceptors (Lipinski definition) is 5. The van der Waals surface area contributed by atoms with Gasteiger partial charge in [-0.3, -0.25) is 9.59 Å². The zero-order valence-electron chi connectivity index (χ0n) is 13.4. The Balaban J connectivity index is 0.00000243. The van der Waals surface area contributed by atoms with Crippen molar-refractivity contribution in [2.24, 2.45) is 5.92 Å². The molecule has 1 N–H and O–H groups in total. The molecule has 1 fully saturated rings. The first-order valence-corrected chi connectivity index (χ1v) is 8.26. The second-order valence-corrected chi connectivity index (χ2v) is 6.41. The van der Waals surface area contributed by atoms with E-state index in [0.29, 0.717) is 34.5 Å². The third-order valence-electron chi connectivity index (χ3n) is 3.88. The van der Waals surface area contributed by atoms with E-state index in [9.17, 15) is 9.59 Å². The number of para-hydroxylation sites is 1. The van der Waals surface area contributed by atoms with Gasteiger partial charge in [0.25, 0.3) is 5.91 Å². The highest BCUT2D eigenvalue weighted by molar-refractivity contribution is 6.37. The first-order chi connectivity index (χ1) is 12.0. The molecule has 2 aromatic rings. The summed E-state index contributed by atoms with van der Waals surface area (Å²) in [5.41, 5.74) is 0.106. The van der Waals surface area contributed by atoms with Gasteiger partial charge < -0.3 is 19.3 Å². The molecule has 140 valence electrons. The van der Waals surface area contributed by atoms with Gasteiger partial charge in [-0.25, -0.2) is 0 Å². The van der Waals surface area contributed by atoms with Gasteiger partial charge in [0.15, 0.2) is 17.2 Å². The molecule has 1 aliphatic rings. The zero-order valence-corrected chi connectivity index (χ0v) is 15.7. The highest BCUT2D eigenvalue weighted by Gasteiger charge is 2.32. The monoisotopic (exact) mass is 420 g/mol. The molecule has 1 unspecified atom stereocenters. The van der Waals surface area contributed by atoms with E-state index in [2.05, 4.69) is 5.16 Å². The average Bonchev–Trinajstić information content (AvgIpc) is 3.23. The van der Waals surface area contributed by atoms with Crippen molar-refractivity contribution >= 4 is 47.5 Å². The van der Waals surface area contributed by atoms with Gasteiger partial charge in [-0.05, 0) is 18.6 Å². The van der Waals surface area contributed by atoms with E-state index in [-0.39, 0.29) is 37.2 Å². The van der Waals surface area contributed by atoms with Gasteiger partial charge in [-0.2, -0.15) is 0 Å². The molecule has 1 aromatic heterocycles. The van der Waals surface area contributed by atoms with Gasteiger partial charge in [0.05, 0.1) is 16.0 Å². The number of carbonyl (C=O) groups is 2. The Morgan fingerprint density at radius 1 is 1.35 bits per heavy atom. The molecule has 2 heterocycles. The molecule has 1 atom stereocenters. The molecule has 0 radical (unpaired) electrons. The molecule has 1 saturated heterocycles. The van der Waals surface area contributed by atoms with Crippen molar-refractivity contribution in [3.8, 4) is 5.75 Å². The van der Waals surface area contributed by atoms with Gasteiger partial charge >= 0.3 is 5.97 Å². The molecule has 1 aromatic carbocycles. The molecule has 3 rings (SSSR count). The van der Waals surface area contributed by atoms with Gasteiger partial charge in [0.2, 0.25) is 0 Å². The van der Waals surface area contributed by atoms with Crippen molar-refractivity contribution in [2.75, 3.05) is 13.1 Å². The maximum Gasteiger partial charge on any atom is 0.308 e. The summed E-state index contributed by atoms with van der Waals surface area (Å²) in [5.74, 6) is -1.16. The molecule has 0 aliphatic carbocycles. The van der Waals surface area contributed by atoms with E-state index in [1.165, 1.54) is 11.0 Å². The van der Waals surface area contributed by atoms with Gasteiger partial charge in [-0.15, -0.1) is 12.4 Å². The summed E-state index contributed by atoms with van der Waals surface area (Å²) in [4.78, 5) is 24.8. The van der Waals surface area contributed by atoms with E-state index in [0.717, 1.165) is 0 Å². The van der Waals surface area contributed by atoms with E-state index in [1.54, 1.807) is 18.2 Å². The summed E-state index contributed by atoms with van der Waals surface area (Å²) in [5, 5.41) is 13.5. The Labute approximate surface area is 165 Å². The summed E-state index contributed by atoms with van der Waals surface area (Å²) < 4.78 is 10.6. The fourth-order valence-corrected chi connectivity index (χ4v) is 3.06. The van der Waals surface area contributed by atoms with Crippen LogP contribution < -0.4 is 4.74 Å². The second-order valence-electron chi connectivity index (χ2n) is 5.59. The third kappa shape index (κ3) is 4.41. The predicted octanol–water partition coefficient (Wildman–Crippen LogP) is 3.53. The van der Waals surface area contributed by atoms with Crippen LogP contribution in [0, 0.1) is 5.92 Å². The summed E-state index contributed by atoms with van der Waals surface area (Å²) in [6.07, 6.45) is 0.430. The fraction of sp³-hybridized carbons (Fsp3) is 0.312. The number of carbonyl (C=O) groups excluding carboxylic acids is 1. The van der Waals surface area contributed by atoms with Crippen molar-refractivity contribution in [3.05, 3.63) is 45.8 Å². The normalized spacial score (nSPS) is 16.2. The van der Waals surface area contributed by atoms with Crippen LogP contribution in [0.15, 0.2) is 28.8 Å². The SMILES string of the molecule is Cl.O=C(O)C1CCN(C(=O)c2cc(COc3c(Cl)cccc3Cl)on2)C1. The molecule has 1 aliphatic heterocycles. The van der Waals surface area contributed by atoms with Crippen molar-refractivity contribution in [3.63, 3.8) is 0 Å². The summed E-state index contributed by atoms with van der Waals surface area (Å²) in [6.45, 7) is 0.549. The Hall–Kier alpha value is -1.96. The fourth-order valence-electron chi connectivity index (χ4n) is 2.55. The number of rotatable bonds is 5. The van der Waals surface area contributed by atoms with Crippen LogP contribution in [0.2, 0.25) is 10.0 Å².